The van der Waals surface area contributed by atoms with Gasteiger partial charge in [0.2, 0.25) is 5.91 Å². The number of carbonyl (C=O) groups excluding carboxylic acids is 2. The third kappa shape index (κ3) is 6.26. The summed E-state index contributed by atoms with van der Waals surface area (Å²) >= 11 is 0. The Labute approximate surface area is 217 Å². The van der Waals surface area contributed by atoms with E-state index in [1.807, 2.05) is 55.8 Å². The van der Waals surface area contributed by atoms with Crippen LogP contribution in [0.4, 0.5) is 5.69 Å². The number of ether oxygens (including phenoxy) is 1. The number of nitrogen functional groups attached to an aromatic ring is 1. The van der Waals surface area contributed by atoms with Gasteiger partial charge in [0, 0.05) is 38.4 Å². The molecule has 0 bridgehead atoms. The molecule has 0 saturated carbocycles. The molecule has 0 aliphatic carbocycles. The molecule has 3 rings (SSSR count). The van der Waals surface area contributed by atoms with Gasteiger partial charge < -0.3 is 25.3 Å². The number of amides is 1. The fourth-order valence-electron chi connectivity index (χ4n) is 4.14. The van der Waals surface area contributed by atoms with Crippen molar-refractivity contribution in [2.45, 2.75) is 39.3 Å². The summed E-state index contributed by atoms with van der Waals surface area (Å²) in [6.07, 6.45) is 0.168. The SMILES string of the molecule is CCOC(=O)CCNC(C)(C(=O)N(C)CC)c1ccc2c(c1)nc(CNc1ccc(C(=N)N)cc1)n2C. The van der Waals surface area contributed by atoms with Crippen molar-refractivity contribution in [1.29, 1.82) is 5.41 Å². The summed E-state index contributed by atoms with van der Waals surface area (Å²) in [5, 5.41) is 14.2. The molecule has 0 fully saturated rings. The van der Waals surface area contributed by atoms with E-state index in [2.05, 4.69) is 10.6 Å². The Morgan fingerprint density at radius 1 is 1.19 bits per heavy atom. The highest BCUT2D eigenvalue weighted by atomic mass is 16.5. The number of amidine groups is 1. The molecule has 0 aliphatic rings. The second kappa shape index (κ2) is 11.9. The fourth-order valence-corrected chi connectivity index (χ4v) is 4.14. The van der Waals surface area contributed by atoms with E-state index in [1.165, 1.54) is 0 Å². The van der Waals surface area contributed by atoms with Crippen molar-refractivity contribution in [3.05, 3.63) is 59.4 Å². The van der Waals surface area contributed by atoms with Crippen LogP contribution in [0.5, 0.6) is 0 Å². The smallest absolute Gasteiger partial charge is 0.307 e. The Bertz CT molecular complexity index is 1270. The Kier molecular flexibility index (Phi) is 8.88. The minimum atomic E-state index is -1.04. The van der Waals surface area contributed by atoms with Gasteiger partial charge in [-0.25, -0.2) is 4.98 Å². The monoisotopic (exact) mass is 507 g/mol. The topological polar surface area (TPSA) is 138 Å². The van der Waals surface area contributed by atoms with E-state index in [1.54, 1.807) is 31.0 Å². The highest BCUT2D eigenvalue weighted by Gasteiger charge is 2.37. The van der Waals surface area contributed by atoms with Crippen LogP contribution < -0.4 is 16.4 Å². The maximum atomic E-state index is 13.4. The maximum Gasteiger partial charge on any atom is 0.307 e. The summed E-state index contributed by atoms with van der Waals surface area (Å²) in [7, 11) is 3.72. The summed E-state index contributed by atoms with van der Waals surface area (Å²) in [6, 6.07) is 13.2. The summed E-state index contributed by atoms with van der Waals surface area (Å²) in [4.78, 5) is 31.8. The molecule has 5 N–H and O–H groups in total. The van der Waals surface area contributed by atoms with Gasteiger partial charge in [-0.15, -0.1) is 0 Å². The molecule has 37 heavy (non-hydrogen) atoms. The number of carbonyl (C=O) groups is 2. The molecule has 1 unspecified atom stereocenters. The van der Waals surface area contributed by atoms with Gasteiger partial charge >= 0.3 is 5.97 Å². The van der Waals surface area contributed by atoms with Crippen molar-refractivity contribution < 1.29 is 14.3 Å². The highest BCUT2D eigenvalue weighted by Crippen LogP contribution is 2.27. The number of nitrogens with one attached hydrogen (secondary N) is 3. The first-order chi connectivity index (χ1) is 17.6. The summed E-state index contributed by atoms with van der Waals surface area (Å²) < 4.78 is 7.04. The highest BCUT2D eigenvalue weighted by molar-refractivity contribution is 5.95. The number of aryl methyl sites for hydroxylation is 1. The molecule has 10 heteroatoms. The van der Waals surface area contributed by atoms with Gasteiger partial charge in [-0.1, -0.05) is 6.07 Å². The van der Waals surface area contributed by atoms with Gasteiger partial charge in [-0.2, -0.15) is 0 Å². The zero-order valence-electron chi connectivity index (χ0n) is 22.2. The number of benzene rings is 2. The largest absolute Gasteiger partial charge is 0.466 e. The Morgan fingerprint density at radius 3 is 2.51 bits per heavy atom. The van der Waals surface area contributed by atoms with Crippen LogP contribution in [0.25, 0.3) is 11.0 Å². The Hall–Kier alpha value is -3.92. The molecular formula is C27H37N7O3. The van der Waals surface area contributed by atoms with Gasteiger partial charge in [0.25, 0.3) is 0 Å². The van der Waals surface area contributed by atoms with Crippen LogP contribution in [-0.4, -0.2) is 58.9 Å². The first kappa shape index (κ1) is 27.7. The molecule has 198 valence electrons. The Balaban J connectivity index is 1.85. The molecule has 0 spiro atoms. The predicted octanol–water partition coefficient (Wildman–Crippen LogP) is 2.71. The maximum absolute atomic E-state index is 13.4. The second-order valence-electron chi connectivity index (χ2n) is 9.06. The van der Waals surface area contributed by atoms with Gasteiger partial charge in [0.1, 0.15) is 17.2 Å². The molecule has 1 heterocycles. The van der Waals surface area contributed by atoms with Crippen LogP contribution >= 0.6 is 0 Å². The summed E-state index contributed by atoms with van der Waals surface area (Å²) in [5.74, 6) is 0.465. The molecule has 0 radical (unpaired) electrons. The van der Waals surface area contributed by atoms with Crippen molar-refractivity contribution in [2.24, 2.45) is 12.8 Å². The molecule has 2 aromatic carbocycles. The van der Waals surface area contributed by atoms with Gasteiger partial charge in [-0.05, 0) is 62.7 Å². The number of rotatable bonds is 12. The van der Waals surface area contributed by atoms with E-state index in [0.717, 1.165) is 28.1 Å². The van der Waals surface area contributed by atoms with E-state index in [-0.39, 0.29) is 24.1 Å². The van der Waals surface area contributed by atoms with E-state index in [4.69, 9.17) is 20.9 Å². The fraction of sp³-hybridized carbons (Fsp3) is 0.407. The third-order valence-electron chi connectivity index (χ3n) is 6.56. The van der Waals surface area contributed by atoms with Crippen molar-refractivity contribution in [2.75, 3.05) is 32.1 Å². The number of aromatic nitrogens is 2. The lowest BCUT2D eigenvalue weighted by molar-refractivity contribution is -0.143. The second-order valence-corrected chi connectivity index (χ2v) is 9.06. The number of hydrogen-bond donors (Lipinski definition) is 4. The van der Waals surface area contributed by atoms with E-state index in [0.29, 0.717) is 31.8 Å². The number of likely N-dealkylation sites (N-methyl/N-ethyl adjacent to an activating group) is 1. The molecule has 10 nitrogen and oxygen atoms in total. The van der Waals surface area contributed by atoms with Gasteiger partial charge in [0.05, 0.1) is 30.6 Å². The average molecular weight is 508 g/mol. The van der Waals surface area contributed by atoms with Crippen LogP contribution in [0, 0.1) is 5.41 Å². The molecule has 1 amide bonds. The molecule has 0 aliphatic heterocycles. The standard InChI is InChI=1S/C27H37N7O3/c1-6-33(4)26(36)27(3,31-15-14-24(35)37-7-2)19-10-13-22-21(16-19)32-23(34(22)5)17-30-20-11-8-18(9-12-20)25(28)29/h8-13,16,30-31H,6-7,14-15,17H2,1-5H3,(H3,28,29). The number of nitrogens with two attached hydrogens (primary N) is 1. The van der Waals surface area contributed by atoms with E-state index < -0.39 is 5.54 Å². The molecule has 3 aromatic rings. The van der Waals surface area contributed by atoms with Crippen LogP contribution in [-0.2, 0) is 33.5 Å². The number of nitrogens with zero attached hydrogens (tertiary/aromatic N) is 3. The first-order valence-electron chi connectivity index (χ1n) is 12.4. The number of hydrogen-bond acceptors (Lipinski definition) is 7. The first-order valence-corrected chi connectivity index (χ1v) is 12.4. The third-order valence-corrected chi connectivity index (χ3v) is 6.56. The number of anilines is 1. The quantitative estimate of drug-likeness (QED) is 0.168. The van der Waals surface area contributed by atoms with Crippen LogP contribution in [0.3, 0.4) is 0 Å². The van der Waals surface area contributed by atoms with Gasteiger partial charge in [-0.3, -0.25) is 20.3 Å². The van der Waals surface area contributed by atoms with Crippen molar-refractivity contribution >= 4 is 34.4 Å². The van der Waals surface area contributed by atoms with Crippen molar-refractivity contribution in [1.82, 2.24) is 19.8 Å². The van der Waals surface area contributed by atoms with Gasteiger partial charge in [0.15, 0.2) is 0 Å². The zero-order valence-corrected chi connectivity index (χ0v) is 22.2. The lowest BCUT2D eigenvalue weighted by Crippen LogP contribution is -2.53. The van der Waals surface area contributed by atoms with Crippen LogP contribution in [0.2, 0.25) is 0 Å². The van der Waals surface area contributed by atoms with Crippen LogP contribution in [0.1, 0.15) is 44.1 Å². The summed E-state index contributed by atoms with van der Waals surface area (Å²) in [6.45, 7) is 7.21. The molecule has 1 aromatic heterocycles. The van der Waals surface area contributed by atoms with E-state index >= 15 is 0 Å². The minimum Gasteiger partial charge on any atom is -0.466 e. The number of esters is 1. The average Bonchev–Trinajstić information content (AvgIpc) is 3.21. The normalized spacial score (nSPS) is 12.7. The predicted molar refractivity (Wildman–Crippen MR) is 145 cm³/mol. The number of fused-ring (bicyclic) bond motifs is 1. The number of imidazole rings is 1. The molecule has 1 atom stereocenters. The minimum absolute atomic E-state index is 0.0312. The Morgan fingerprint density at radius 2 is 1.89 bits per heavy atom. The lowest BCUT2D eigenvalue weighted by atomic mass is 9.89. The van der Waals surface area contributed by atoms with E-state index in [9.17, 15) is 9.59 Å². The van der Waals surface area contributed by atoms with Crippen LogP contribution in [0.15, 0.2) is 42.5 Å². The summed E-state index contributed by atoms with van der Waals surface area (Å²) in [5.41, 5.74) is 8.54. The lowest BCUT2D eigenvalue weighted by Gasteiger charge is -2.34. The molecular weight excluding hydrogens is 470 g/mol. The molecule has 0 saturated heterocycles. The van der Waals surface area contributed by atoms with Crippen molar-refractivity contribution in [3.63, 3.8) is 0 Å². The zero-order chi connectivity index (χ0) is 27.2. The van der Waals surface area contributed by atoms with Crippen molar-refractivity contribution in [3.8, 4) is 0 Å².